The first-order valence-corrected chi connectivity index (χ1v) is 7.66. The Hall–Kier alpha value is -2.96. The van der Waals surface area contributed by atoms with Gasteiger partial charge in [0.1, 0.15) is 0 Å². The Kier molecular flexibility index (Phi) is 4.16. The third kappa shape index (κ3) is 3.05. The van der Waals surface area contributed by atoms with Crippen molar-refractivity contribution in [3.8, 4) is 0 Å². The van der Waals surface area contributed by atoms with Crippen LogP contribution in [0.1, 0.15) is 21.9 Å². The summed E-state index contributed by atoms with van der Waals surface area (Å²) in [5.74, 6) is 0.364. The molecule has 24 heavy (non-hydrogen) atoms. The highest BCUT2D eigenvalue weighted by Gasteiger charge is 2.18. The van der Waals surface area contributed by atoms with Gasteiger partial charge in [-0.05, 0) is 30.7 Å². The fraction of sp³-hybridized carbons (Fsp3) is 0.294. The molecule has 0 fully saturated rings. The molecule has 2 aromatic heterocycles. The molecule has 0 saturated heterocycles. The van der Waals surface area contributed by atoms with Crippen LogP contribution < -0.4 is 4.90 Å². The normalized spacial score (nSPS) is 10.8. The lowest BCUT2D eigenvalue weighted by atomic mass is 10.2. The van der Waals surface area contributed by atoms with Crippen LogP contribution in [0.5, 0.6) is 0 Å². The number of carbonyl (C=O) groups is 1. The fourth-order valence-corrected chi connectivity index (χ4v) is 2.41. The van der Waals surface area contributed by atoms with Crippen LogP contribution in [0.2, 0.25) is 0 Å². The maximum absolute atomic E-state index is 12.6. The molecule has 0 aliphatic rings. The topological polar surface area (TPSA) is 66.6 Å². The van der Waals surface area contributed by atoms with Gasteiger partial charge in [0.25, 0.3) is 11.7 Å². The van der Waals surface area contributed by atoms with Gasteiger partial charge in [0.15, 0.2) is 0 Å². The van der Waals surface area contributed by atoms with Crippen molar-refractivity contribution in [1.82, 2.24) is 24.5 Å². The number of benzene rings is 1. The lowest BCUT2D eigenvalue weighted by molar-refractivity contribution is 0.0773. The molecular weight excluding hydrogens is 304 g/mol. The Bertz CT molecular complexity index is 868. The summed E-state index contributed by atoms with van der Waals surface area (Å²) in [6, 6.07) is 9.92. The van der Waals surface area contributed by atoms with Crippen molar-refractivity contribution in [2.24, 2.45) is 0 Å². The van der Waals surface area contributed by atoms with Gasteiger partial charge < -0.3 is 9.80 Å². The highest BCUT2D eigenvalue weighted by molar-refractivity contribution is 5.90. The van der Waals surface area contributed by atoms with Gasteiger partial charge in [-0.15, -0.1) is 5.10 Å². The molecule has 0 unspecified atom stereocenters. The molecule has 0 saturated carbocycles. The summed E-state index contributed by atoms with van der Waals surface area (Å²) in [7, 11) is 5.74. The van der Waals surface area contributed by atoms with E-state index in [-0.39, 0.29) is 11.7 Å². The molecule has 0 bridgehead atoms. The van der Waals surface area contributed by atoms with E-state index in [1.165, 1.54) is 0 Å². The summed E-state index contributed by atoms with van der Waals surface area (Å²) in [6.45, 7) is 2.39. The summed E-state index contributed by atoms with van der Waals surface area (Å²) >= 11 is 0. The van der Waals surface area contributed by atoms with Gasteiger partial charge in [-0.2, -0.15) is 4.98 Å². The zero-order valence-corrected chi connectivity index (χ0v) is 14.3. The molecule has 0 aliphatic heterocycles. The van der Waals surface area contributed by atoms with Crippen molar-refractivity contribution in [2.75, 3.05) is 26.0 Å². The summed E-state index contributed by atoms with van der Waals surface area (Å²) in [6.07, 6.45) is 1.66. The van der Waals surface area contributed by atoms with Crippen LogP contribution in [0.25, 0.3) is 5.78 Å². The molecule has 1 amide bonds. The molecule has 0 spiro atoms. The average Bonchev–Trinajstić information content (AvgIpc) is 3.00. The van der Waals surface area contributed by atoms with Crippen molar-refractivity contribution in [1.29, 1.82) is 0 Å². The number of fused-ring (bicyclic) bond motifs is 1. The first kappa shape index (κ1) is 15.9. The van der Waals surface area contributed by atoms with E-state index in [1.807, 2.05) is 56.3 Å². The number of anilines is 1. The van der Waals surface area contributed by atoms with E-state index in [0.717, 1.165) is 16.9 Å². The van der Waals surface area contributed by atoms with E-state index in [1.54, 1.807) is 22.7 Å². The minimum atomic E-state index is -0.225. The van der Waals surface area contributed by atoms with Gasteiger partial charge in [0.2, 0.25) is 5.82 Å². The van der Waals surface area contributed by atoms with Crippen LogP contribution in [0.15, 0.2) is 36.5 Å². The van der Waals surface area contributed by atoms with Gasteiger partial charge >= 0.3 is 0 Å². The summed E-state index contributed by atoms with van der Waals surface area (Å²) in [4.78, 5) is 24.5. The smallest absolute Gasteiger partial charge is 0.293 e. The van der Waals surface area contributed by atoms with Crippen LogP contribution in [0, 0.1) is 6.92 Å². The minimum absolute atomic E-state index is 0.157. The summed E-state index contributed by atoms with van der Waals surface area (Å²) in [5.41, 5.74) is 3.05. The number of hydrogen-bond donors (Lipinski definition) is 0. The maximum Gasteiger partial charge on any atom is 0.293 e. The molecule has 7 nitrogen and oxygen atoms in total. The van der Waals surface area contributed by atoms with E-state index in [0.29, 0.717) is 12.3 Å². The van der Waals surface area contributed by atoms with Gasteiger partial charge in [0.05, 0.1) is 0 Å². The second-order valence-corrected chi connectivity index (χ2v) is 5.96. The largest absolute Gasteiger partial charge is 0.378 e. The zero-order valence-electron chi connectivity index (χ0n) is 14.3. The number of nitrogens with zero attached hydrogens (tertiary/aromatic N) is 6. The van der Waals surface area contributed by atoms with E-state index in [9.17, 15) is 4.79 Å². The van der Waals surface area contributed by atoms with E-state index in [4.69, 9.17) is 0 Å². The highest BCUT2D eigenvalue weighted by Crippen LogP contribution is 2.14. The first-order valence-electron chi connectivity index (χ1n) is 7.66. The molecule has 2 heterocycles. The SMILES string of the molecule is Cc1ccnc2nc(C(=O)N(C)Cc3ccc(N(C)C)cc3)nn12. The van der Waals surface area contributed by atoms with E-state index >= 15 is 0 Å². The van der Waals surface area contributed by atoms with Crippen molar-refractivity contribution in [3.05, 3.63) is 53.6 Å². The Morgan fingerprint density at radius 2 is 1.83 bits per heavy atom. The van der Waals surface area contributed by atoms with Crippen molar-refractivity contribution >= 4 is 17.4 Å². The molecule has 0 aliphatic carbocycles. The van der Waals surface area contributed by atoms with Crippen LogP contribution in [-0.2, 0) is 6.54 Å². The quantitative estimate of drug-likeness (QED) is 0.732. The van der Waals surface area contributed by atoms with Crippen molar-refractivity contribution in [3.63, 3.8) is 0 Å². The van der Waals surface area contributed by atoms with E-state index < -0.39 is 0 Å². The molecular formula is C17H20N6O. The number of amides is 1. The van der Waals surface area contributed by atoms with Gasteiger partial charge in [-0.3, -0.25) is 4.79 Å². The molecule has 3 rings (SSSR count). The third-order valence-electron chi connectivity index (χ3n) is 3.84. The van der Waals surface area contributed by atoms with Crippen LogP contribution in [0.3, 0.4) is 0 Å². The average molecular weight is 324 g/mol. The molecule has 0 N–H and O–H groups in total. The minimum Gasteiger partial charge on any atom is -0.378 e. The Balaban J connectivity index is 1.77. The number of hydrogen-bond acceptors (Lipinski definition) is 5. The highest BCUT2D eigenvalue weighted by atomic mass is 16.2. The molecule has 7 heteroatoms. The summed E-state index contributed by atoms with van der Waals surface area (Å²) in [5, 5.41) is 4.26. The molecule has 0 atom stereocenters. The molecule has 1 aromatic carbocycles. The van der Waals surface area contributed by atoms with Crippen molar-refractivity contribution < 1.29 is 4.79 Å². The second-order valence-electron chi connectivity index (χ2n) is 5.96. The fourth-order valence-electron chi connectivity index (χ4n) is 2.41. The Morgan fingerprint density at radius 1 is 1.12 bits per heavy atom. The van der Waals surface area contributed by atoms with Crippen molar-refractivity contribution in [2.45, 2.75) is 13.5 Å². The lowest BCUT2D eigenvalue weighted by Gasteiger charge is -2.17. The summed E-state index contributed by atoms with van der Waals surface area (Å²) < 4.78 is 1.58. The number of aryl methyl sites for hydroxylation is 1. The van der Waals surface area contributed by atoms with Crippen LogP contribution in [-0.4, -0.2) is 51.5 Å². The zero-order chi connectivity index (χ0) is 17.3. The van der Waals surface area contributed by atoms with Crippen LogP contribution in [0.4, 0.5) is 5.69 Å². The Labute approximate surface area is 140 Å². The standard InChI is InChI=1S/C17H20N6O/c1-12-9-10-18-17-19-15(20-23(12)17)16(24)22(4)11-13-5-7-14(8-6-13)21(2)3/h5-10H,11H2,1-4H3. The lowest BCUT2D eigenvalue weighted by Crippen LogP contribution is -2.27. The maximum atomic E-state index is 12.6. The second kappa shape index (κ2) is 6.27. The van der Waals surface area contributed by atoms with E-state index in [2.05, 4.69) is 15.1 Å². The predicted octanol–water partition coefficient (Wildman–Crippen LogP) is 1.77. The number of aromatic nitrogens is 4. The third-order valence-corrected chi connectivity index (χ3v) is 3.84. The van der Waals surface area contributed by atoms with Gasteiger partial charge in [-0.1, -0.05) is 12.1 Å². The molecule has 0 radical (unpaired) electrons. The van der Waals surface area contributed by atoms with Gasteiger partial charge in [-0.25, -0.2) is 9.50 Å². The van der Waals surface area contributed by atoms with Crippen LogP contribution >= 0.6 is 0 Å². The molecule has 3 aromatic rings. The number of rotatable bonds is 4. The first-order chi connectivity index (χ1) is 11.5. The monoisotopic (exact) mass is 324 g/mol. The van der Waals surface area contributed by atoms with Gasteiger partial charge in [0, 0.05) is 45.3 Å². The number of carbonyl (C=O) groups excluding carboxylic acids is 1. The Morgan fingerprint density at radius 3 is 2.46 bits per heavy atom. The predicted molar refractivity (Wildman–Crippen MR) is 92.1 cm³/mol. The molecule has 124 valence electrons.